The van der Waals surface area contributed by atoms with E-state index in [0.29, 0.717) is 24.3 Å². The summed E-state index contributed by atoms with van der Waals surface area (Å²) in [6.45, 7) is 4.44. The molecule has 0 radical (unpaired) electrons. The number of benzene rings is 2. The second kappa shape index (κ2) is 22.2. The van der Waals surface area contributed by atoms with Gasteiger partial charge in [0.1, 0.15) is 0 Å². The molecule has 2 aromatic carbocycles. The molecule has 0 aromatic heterocycles. The van der Waals surface area contributed by atoms with E-state index in [-0.39, 0.29) is 10.8 Å². The number of nitrogens with zero attached hydrogens (tertiary/aromatic N) is 1. The van der Waals surface area contributed by atoms with E-state index in [4.69, 9.17) is 0 Å². The second-order valence-electron chi connectivity index (χ2n) is 11.7. The van der Waals surface area contributed by atoms with Crippen LogP contribution in [0.25, 0.3) is 0 Å². The quantitative estimate of drug-likeness (QED) is 0.116. The first-order chi connectivity index (χ1) is 20.5. The Labute approximate surface area is 257 Å². The van der Waals surface area contributed by atoms with Crippen molar-refractivity contribution in [3.63, 3.8) is 0 Å². The maximum Gasteiger partial charge on any atom is 0.264 e. The summed E-state index contributed by atoms with van der Waals surface area (Å²) in [5.41, 5.74) is 1.26. The lowest BCUT2D eigenvalue weighted by Gasteiger charge is -2.23. The molecule has 236 valence electrons. The number of carbonyl (C=O) groups excluding carboxylic acids is 1. The van der Waals surface area contributed by atoms with Crippen molar-refractivity contribution in [1.82, 2.24) is 0 Å². The summed E-state index contributed by atoms with van der Waals surface area (Å²) in [5.74, 6) is -0.0166. The Morgan fingerprint density at radius 1 is 0.595 bits per heavy atom. The van der Waals surface area contributed by atoms with Crippen molar-refractivity contribution in [3.05, 3.63) is 54.6 Å². The molecule has 0 atom stereocenters. The molecule has 0 unspecified atom stereocenters. The van der Waals surface area contributed by atoms with Gasteiger partial charge in [-0.25, -0.2) is 8.42 Å². The van der Waals surface area contributed by atoms with Gasteiger partial charge in [0.25, 0.3) is 10.0 Å². The van der Waals surface area contributed by atoms with E-state index >= 15 is 0 Å². The highest BCUT2D eigenvalue weighted by Crippen LogP contribution is 2.24. The van der Waals surface area contributed by atoms with Crippen molar-refractivity contribution < 1.29 is 13.2 Å². The molecule has 1 amide bonds. The lowest BCUT2D eigenvalue weighted by Crippen LogP contribution is -2.30. The number of rotatable bonds is 25. The van der Waals surface area contributed by atoms with Crippen LogP contribution < -0.4 is 9.62 Å². The number of sulfonamides is 1. The fourth-order valence-electron chi connectivity index (χ4n) is 5.51. The highest BCUT2D eigenvalue weighted by atomic mass is 32.2. The van der Waals surface area contributed by atoms with E-state index in [1.54, 1.807) is 36.4 Å². The standard InChI is InChI=1S/C36H58N2O3S/c1-3-5-6-7-8-9-10-11-12-13-14-15-16-17-18-19-20-21-25-28-36(39)37-33-29-31-35(32-30-33)42(40,41)38(4-2)34-26-23-22-24-27-34/h22-24,26-27,29-32H,3-21,25,28H2,1-2H3,(H,37,39). The number of hydrogen-bond donors (Lipinski definition) is 1. The Kier molecular flexibility index (Phi) is 19.0. The zero-order valence-corrected chi connectivity index (χ0v) is 27.4. The van der Waals surface area contributed by atoms with E-state index in [1.165, 1.54) is 113 Å². The Hall–Kier alpha value is -2.34. The fraction of sp³-hybridized carbons (Fsp3) is 0.639. The lowest BCUT2D eigenvalue weighted by molar-refractivity contribution is -0.116. The molecule has 0 saturated carbocycles. The summed E-state index contributed by atoms with van der Waals surface area (Å²) >= 11 is 0. The summed E-state index contributed by atoms with van der Waals surface area (Å²) in [7, 11) is -3.67. The van der Waals surface area contributed by atoms with Crippen molar-refractivity contribution in [2.24, 2.45) is 0 Å². The summed E-state index contributed by atoms with van der Waals surface area (Å²) in [4.78, 5) is 12.6. The zero-order chi connectivity index (χ0) is 30.3. The normalized spacial score (nSPS) is 11.5. The monoisotopic (exact) mass is 598 g/mol. The van der Waals surface area contributed by atoms with Crippen molar-refractivity contribution >= 4 is 27.3 Å². The van der Waals surface area contributed by atoms with E-state index in [0.717, 1.165) is 12.8 Å². The minimum atomic E-state index is -3.67. The van der Waals surface area contributed by atoms with Gasteiger partial charge in [0.2, 0.25) is 5.91 Å². The van der Waals surface area contributed by atoms with Gasteiger partial charge in [0.15, 0.2) is 0 Å². The van der Waals surface area contributed by atoms with Crippen molar-refractivity contribution in [3.8, 4) is 0 Å². The first-order valence-electron chi connectivity index (χ1n) is 17.0. The number of para-hydroxylation sites is 1. The third-order valence-corrected chi connectivity index (χ3v) is 9.98. The molecule has 42 heavy (non-hydrogen) atoms. The van der Waals surface area contributed by atoms with Gasteiger partial charge in [-0.15, -0.1) is 0 Å². The Morgan fingerprint density at radius 2 is 1.02 bits per heavy atom. The van der Waals surface area contributed by atoms with Gasteiger partial charge < -0.3 is 5.32 Å². The minimum absolute atomic E-state index is 0.0166. The highest BCUT2D eigenvalue weighted by Gasteiger charge is 2.23. The first-order valence-corrected chi connectivity index (χ1v) is 18.4. The highest BCUT2D eigenvalue weighted by molar-refractivity contribution is 7.92. The van der Waals surface area contributed by atoms with Gasteiger partial charge in [-0.2, -0.15) is 0 Å². The summed E-state index contributed by atoms with van der Waals surface area (Å²) < 4.78 is 27.7. The van der Waals surface area contributed by atoms with Gasteiger partial charge >= 0.3 is 0 Å². The molecule has 0 aliphatic heterocycles. The zero-order valence-electron chi connectivity index (χ0n) is 26.6. The van der Waals surface area contributed by atoms with Crippen molar-refractivity contribution in [2.45, 2.75) is 147 Å². The number of anilines is 2. The maximum atomic E-state index is 13.1. The average molecular weight is 599 g/mol. The molecule has 2 rings (SSSR count). The Bertz CT molecular complexity index is 1050. The number of nitrogens with one attached hydrogen (secondary N) is 1. The van der Waals surface area contributed by atoms with Crippen LogP contribution in [0.15, 0.2) is 59.5 Å². The van der Waals surface area contributed by atoms with Crippen LogP contribution in [-0.2, 0) is 14.8 Å². The van der Waals surface area contributed by atoms with Crippen LogP contribution in [0.2, 0.25) is 0 Å². The molecular weight excluding hydrogens is 540 g/mol. The molecule has 0 aliphatic rings. The van der Waals surface area contributed by atoms with Crippen LogP contribution in [-0.4, -0.2) is 20.9 Å². The van der Waals surface area contributed by atoms with E-state index < -0.39 is 10.0 Å². The predicted molar refractivity (Wildman–Crippen MR) is 180 cm³/mol. The summed E-state index contributed by atoms with van der Waals surface area (Å²) in [5, 5.41) is 2.91. The Morgan fingerprint density at radius 3 is 1.45 bits per heavy atom. The minimum Gasteiger partial charge on any atom is -0.326 e. The van der Waals surface area contributed by atoms with Crippen LogP contribution >= 0.6 is 0 Å². The lowest BCUT2D eigenvalue weighted by atomic mass is 10.0. The number of hydrogen-bond acceptors (Lipinski definition) is 3. The molecule has 2 aromatic rings. The maximum absolute atomic E-state index is 13.1. The Balaban J connectivity index is 1.47. The topological polar surface area (TPSA) is 66.5 Å². The van der Waals surface area contributed by atoms with E-state index in [2.05, 4.69) is 12.2 Å². The summed E-state index contributed by atoms with van der Waals surface area (Å²) in [6, 6.07) is 15.6. The molecule has 0 aliphatic carbocycles. The van der Waals surface area contributed by atoms with Crippen LogP contribution in [0.5, 0.6) is 0 Å². The van der Waals surface area contributed by atoms with Gasteiger partial charge in [-0.1, -0.05) is 141 Å². The van der Waals surface area contributed by atoms with Crippen LogP contribution in [0.1, 0.15) is 142 Å². The molecule has 6 heteroatoms. The van der Waals surface area contributed by atoms with Gasteiger partial charge in [0.05, 0.1) is 10.6 Å². The molecule has 0 fully saturated rings. The average Bonchev–Trinajstić information content (AvgIpc) is 2.99. The van der Waals surface area contributed by atoms with Gasteiger partial charge in [-0.3, -0.25) is 9.10 Å². The third kappa shape index (κ3) is 14.7. The number of amides is 1. The molecular formula is C36H58N2O3S. The van der Waals surface area contributed by atoms with Crippen LogP contribution in [0.4, 0.5) is 11.4 Å². The van der Waals surface area contributed by atoms with Crippen LogP contribution in [0.3, 0.4) is 0 Å². The van der Waals surface area contributed by atoms with Gasteiger partial charge in [-0.05, 0) is 49.7 Å². The number of carbonyl (C=O) groups is 1. The number of unbranched alkanes of at least 4 members (excludes halogenated alkanes) is 18. The molecule has 0 spiro atoms. The molecule has 1 N–H and O–H groups in total. The smallest absolute Gasteiger partial charge is 0.264 e. The van der Waals surface area contributed by atoms with E-state index in [1.807, 2.05) is 25.1 Å². The largest absolute Gasteiger partial charge is 0.326 e. The van der Waals surface area contributed by atoms with Gasteiger partial charge in [0, 0.05) is 18.7 Å². The summed E-state index contributed by atoms with van der Waals surface area (Å²) in [6.07, 6.45) is 25.9. The van der Waals surface area contributed by atoms with Crippen molar-refractivity contribution in [1.29, 1.82) is 0 Å². The third-order valence-electron chi connectivity index (χ3n) is 8.06. The molecule has 0 heterocycles. The predicted octanol–water partition coefficient (Wildman–Crippen LogP) is 10.7. The SMILES string of the molecule is CCCCCCCCCCCCCCCCCCCCCC(=O)Nc1ccc(S(=O)(=O)N(CC)c2ccccc2)cc1. The molecule has 5 nitrogen and oxygen atoms in total. The first kappa shape index (κ1) is 35.9. The van der Waals surface area contributed by atoms with Crippen molar-refractivity contribution in [2.75, 3.05) is 16.2 Å². The van der Waals surface area contributed by atoms with Crippen LogP contribution in [0, 0.1) is 0 Å². The van der Waals surface area contributed by atoms with E-state index in [9.17, 15) is 13.2 Å². The molecule has 0 bridgehead atoms. The molecule has 0 saturated heterocycles. The second-order valence-corrected chi connectivity index (χ2v) is 13.6. The fourth-order valence-corrected chi connectivity index (χ4v) is 6.98.